The number of anilines is 1. The van der Waals surface area contributed by atoms with E-state index in [9.17, 15) is 9.59 Å². The second-order valence-electron chi connectivity index (χ2n) is 5.34. The molecule has 0 aliphatic carbocycles. The fraction of sp³-hybridized carbons (Fsp3) is 0.312. The van der Waals surface area contributed by atoms with Gasteiger partial charge in [-0.2, -0.15) is 0 Å². The van der Waals surface area contributed by atoms with Crippen LogP contribution in [0.5, 0.6) is 11.5 Å². The highest BCUT2D eigenvalue weighted by Gasteiger charge is 2.14. The fourth-order valence-electron chi connectivity index (χ4n) is 2.23. The first-order chi connectivity index (χ1) is 11.6. The van der Waals surface area contributed by atoms with Gasteiger partial charge in [0.25, 0.3) is 0 Å². The fourth-order valence-corrected chi connectivity index (χ4v) is 2.23. The lowest BCUT2D eigenvalue weighted by Gasteiger charge is -2.06. The van der Waals surface area contributed by atoms with Crippen molar-refractivity contribution in [2.75, 3.05) is 18.7 Å². The predicted molar refractivity (Wildman–Crippen MR) is 83.8 cm³/mol. The number of nitrogens with one attached hydrogen (secondary N) is 2. The van der Waals surface area contributed by atoms with E-state index < -0.39 is 0 Å². The molecule has 0 spiro atoms. The van der Waals surface area contributed by atoms with Crippen LogP contribution in [0.2, 0.25) is 0 Å². The van der Waals surface area contributed by atoms with Crippen LogP contribution in [0, 0.1) is 6.92 Å². The number of aryl methyl sites for hydroxylation is 2. The Bertz CT molecular complexity index is 756. The van der Waals surface area contributed by atoms with Crippen molar-refractivity contribution < 1.29 is 23.6 Å². The lowest BCUT2D eigenvalue weighted by molar-refractivity contribution is -0.124. The van der Waals surface area contributed by atoms with Crippen molar-refractivity contribution in [3.05, 3.63) is 35.6 Å². The Hall–Kier alpha value is -3.03. The van der Waals surface area contributed by atoms with Crippen LogP contribution >= 0.6 is 0 Å². The molecule has 8 nitrogen and oxygen atoms in total. The van der Waals surface area contributed by atoms with E-state index in [1.807, 2.05) is 18.2 Å². The van der Waals surface area contributed by atoms with Crippen LogP contribution in [0.15, 0.2) is 28.8 Å². The van der Waals surface area contributed by atoms with Crippen molar-refractivity contribution in [2.45, 2.75) is 19.8 Å². The normalized spacial score (nSPS) is 12.0. The molecule has 3 rings (SSSR count). The molecule has 126 valence electrons. The Morgan fingerprint density at radius 3 is 2.79 bits per heavy atom. The van der Waals surface area contributed by atoms with Crippen LogP contribution in [-0.4, -0.2) is 30.3 Å². The Labute approximate surface area is 138 Å². The second kappa shape index (κ2) is 7.03. The van der Waals surface area contributed by atoms with E-state index in [1.54, 1.807) is 13.0 Å². The van der Waals surface area contributed by atoms with Crippen LogP contribution < -0.4 is 20.1 Å². The number of hydrogen-bond donors (Lipinski definition) is 2. The van der Waals surface area contributed by atoms with Gasteiger partial charge in [-0.05, 0) is 31.0 Å². The van der Waals surface area contributed by atoms with E-state index in [2.05, 4.69) is 15.8 Å². The van der Waals surface area contributed by atoms with Crippen molar-refractivity contribution in [2.24, 2.45) is 0 Å². The van der Waals surface area contributed by atoms with Crippen molar-refractivity contribution >= 4 is 17.6 Å². The molecule has 2 amide bonds. The Morgan fingerprint density at radius 1 is 1.17 bits per heavy atom. The van der Waals surface area contributed by atoms with E-state index in [4.69, 9.17) is 14.0 Å². The maximum Gasteiger partial charge on any atom is 0.245 e. The summed E-state index contributed by atoms with van der Waals surface area (Å²) in [7, 11) is 0. The standard InChI is InChI=1S/C16H17N3O5/c1-10-6-14(19-24-10)18-16(21)8-17-15(20)5-3-11-2-4-12-13(7-11)23-9-22-12/h2,4,6-7H,3,5,8-9H2,1H3,(H,17,20)(H,18,19,21). The number of carbonyl (C=O) groups excluding carboxylic acids is 2. The number of nitrogens with zero attached hydrogens (tertiary/aromatic N) is 1. The van der Waals surface area contributed by atoms with E-state index in [0.29, 0.717) is 29.5 Å². The zero-order valence-corrected chi connectivity index (χ0v) is 13.1. The number of benzene rings is 1. The summed E-state index contributed by atoms with van der Waals surface area (Å²) in [5.41, 5.74) is 0.969. The van der Waals surface area contributed by atoms with Crippen LogP contribution in [0.4, 0.5) is 5.82 Å². The average Bonchev–Trinajstić information content (AvgIpc) is 3.19. The van der Waals surface area contributed by atoms with Gasteiger partial charge in [-0.25, -0.2) is 0 Å². The molecule has 0 bridgehead atoms. The van der Waals surface area contributed by atoms with Crippen molar-refractivity contribution in [1.29, 1.82) is 0 Å². The molecule has 24 heavy (non-hydrogen) atoms. The smallest absolute Gasteiger partial charge is 0.245 e. The number of hydrogen-bond acceptors (Lipinski definition) is 6. The third kappa shape index (κ3) is 4.03. The molecule has 0 fully saturated rings. The summed E-state index contributed by atoms with van der Waals surface area (Å²) in [5.74, 6) is 1.75. The second-order valence-corrected chi connectivity index (χ2v) is 5.34. The van der Waals surface area contributed by atoms with Crippen molar-refractivity contribution in [3.63, 3.8) is 0 Å². The van der Waals surface area contributed by atoms with Crippen LogP contribution in [-0.2, 0) is 16.0 Å². The van der Waals surface area contributed by atoms with Crippen LogP contribution in [0.1, 0.15) is 17.7 Å². The van der Waals surface area contributed by atoms with E-state index >= 15 is 0 Å². The number of carbonyl (C=O) groups is 2. The van der Waals surface area contributed by atoms with E-state index in [0.717, 1.165) is 5.56 Å². The molecule has 0 radical (unpaired) electrons. The zero-order chi connectivity index (χ0) is 16.9. The molecule has 2 heterocycles. The monoisotopic (exact) mass is 331 g/mol. The Balaban J connectivity index is 1.40. The maximum atomic E-state index is 11.8. The molecule has 0 saturated carbocycles. The van der Waals surface area contributed by atoms with Gasteiger partial charge in [0.05, 0.1) is 6.54 Å². The van der Waals surface area contributed by atoms with E-state index in [1.165, 1.54) is 0 Å². The molecule has 0 saturated heterocycles. The number of aromatic nitrogens is 1. The lowest BCUT2D eigenvalue weighted by Crippen LogP contribution is -2.33. The summed E-state index contributed by atoms with van der Waals surface area (Å²) in [5, 5.41) is 8.74. The highest BCUT2D eigenvalue weighted by atomic mass is 16.7. The minimum absolute atomic E-state index is 0.119. The third-order valence-electron chi connectivity index (χ3n) is 3.42. The van der Waals surface area contributed by atoms with Gasteiger partial charge in [-0.1, -0.05) is 11.2 Å². The van der Waals surface area contributed by atoms with Gasteiger partial charge in [-0.15, -0.1) is 0 Å². The van der Waals surface area contributed by atoms with Gasteiger partial charge in [-0.3, -0.25) is 9.59 Å². The maximum absolute atomic E-state index is 11.8. The summed E-state index contributed by atoms with van der Waals surface area (Å²) in [4.78, 5) is 23.5. The predicted octanol–water partition coefficient (Wildman–Crippen LogP) is 1.40. The van der Waals surface area contributed by atoms with Gasteiger partial charge in [0.1, 0.15) is 5.76 Å². The summed E-state index contributed by atoms with van der Waals surface area (Å²) >= 11 is 0. The first-order valence-electron chi connectivity index (χ1n) is 7.48. The number of fused-ring (bicyclic) bond motifs is 1. The van der Waals surface area contributed by atoms with Crippen molar-refractivity contribution in [3.8, 4) is 11.5 Å². The average molecular weight is 331 g/mol. The largest absolute Gasteiger partial charge is 0.454 e. The molecule has 1 aromatic carbocycles. The molecule has 0 atom stereocenters. The Kier molecular flexibility index (Phi) is 4.64. The molecular formula is C16H17N3O5. The topological polar surface area (TPSA) is 103 Å². The number of amides is 2. The molecule has 8 heteroatoms. The van der Waals surface area contributed by atoms with Crippen LogP contribution in [0.3, 0.4) is 0 Å². The molecule has 1 aromatic heterocycles. The number of ether oxygens (including phenoxy) is 2. The third-order valence-corrected chi connectivity index (χ3v) is 3.42. The Morgan fingerprint density at radius 2 is 2.00 bits per heavy atom. The SMILES string of the molecule is Cc1cc(NC(=O)CNC(=O)CCc2ccc3c(c2)OCO3)no1. The van der Waals surface area contributed by atoms with Gasteiger partial charge in [0.15, 0.2) is 17.3 Å². The van der Waals surface area contributed by atoms with E-state index in [-0.39, 0.29) is 31.6 Å². The summed E-state index contributed by atoms with van der Waals surface area (Å²) < 4.78 is 15.4. The van der Waals surface area contributed by atoms with Gasteiger partial charge in [0.2, 0.25) is 18.6 Å². The molecule has 1 aliphatic heterocycles. The highest BCUT2D eigenvalue weighted by Crippen LogP contribution is 2.32. The minimum Gasteiger partial charge on any atom is -0.454 e. The van der Waals surface area contributed by atoms with Crippen molar-refractivity contribution in [1.82, 2.24) is 10.5 Å². The van der Waals surface area contributed by atoms with Gasteiger partial charge < -0.3 is 24.6 Å². The lowest BCUT2D eigenvalue weighted by atomic mass is 10.1. The number of rotatable bonds is 6. The van der Waals surface area contributed by atoms with Gasteiger partial charge >= 0.3 is 0 Å². The molecule has 0 unspecified atom stereocenters. The van der Waals surface area contributed by atoms with Gasteiger partial charge in [0, 0.05) is 12.5 Å². The first kappa shape index (κ1) is 15.9. The first-order valence-corrected chi connectivity index (χ1v) is 7.48. The molecule has 2 aromatic rings. The molecule has 2 N–H and O–H groups in total. The molecule has 1 aliphatic rings. The highest BCUT2D eigenvalue weighted by molar-refractivity contribution is 5.93. The summed E-state index contributed by atoms with van der Waals surface area (Å²) in [6, 6.07) is 7.16. The summed E-state index contributed by atoms with van der Waals surface area (Å²) in [6.45, 7) is 1.83. The quantitative estimate of drug-likeness (QED) is 0.829. The van der Waals surface area contributed by atoms with Crippen LogP contribution in [0.25, 0.3) is 0 Å². The molecular weight excluding hydrogens is 314 g/mol. The zero-order valence-electron chi connectivity index (χ0n) is 13.1. The summed E-state index contributed by atoms with van der Waals surface area (Å²) in [6.07, 6.45) is 0.822. The minimum atomic E-state index is -0.361.